The Hall–Kier alpha value is -4.14. The van der Waals surface area contributed by atoms with E-state index < -0.39 is 12.1 Å². The number of amides is 2. The normalized spacial score (nSPS) is 12.0. The molecule has 1 heterocycles. The lowest BCUT2D eigenvalue weighted by atomic mass is 9.98. The number of aryl methyl sites for hydroxylation is 1. The van der Waals surface area contributed by atoms with Crippen molar-refractivity contribution in [2.24, 2.45) is 7.05 Å². The number of nitrogens with one attached hydrogen (secondary N) is 2. The number of ether oxygens (including phenoxy) is 1. The Labute approximate surface area is 203 Å². The zero-order valence-electron chi connectivity index (χ0n) is 19.5. The van der Waals surface area contributed by atoms with E-state index >= 15 is 0 Å². The number of hydrogen-bond acceptors (Lipinski definition) is 5. The molecule has 2 amide bonds. The van der Waals surface area contributed by atoms with Crippen LogP contribution in [0.1, 0.15) is 53.1 Å². The van der Waals surface area contributed by atoms with Crippen molar-refractivity contribution >= 4 is 23.8 Å². The van der Waals surface area contributed by atoms with E-state index in [2.05, 4.69) is 40.0 Å². The topological polar surface area (TPSA) is 123 Å². The maximum absolute atomic E-state index is 12.2. The fraction of sp³-hybridized carbons (Fsp3) is 0.308. The van der Waals surface area contributed by atoms with Gasteiger partial charge >= 0.3 is 12.1 Å². The number of carboxylic acids is 1. The van der Waals surface area contributed by atoms with E-state index in [0.29, 0.717) is 19.4 Å². The lowest BCUT2D eigenvalue weighted by Gasteiger charge is -2.14. The standard InChI is InChI=1S/C26H28N4O5/c1-30-24(21(15-28-30)25(32)33)29-23(31)13-3-2-8-14-27-26(34)35-16-22-19-11-6-4-9-17(19)18-10-5-7-12-20(18)22/h4-7,9-12,15,22H,2-3,8,13-14,16H2,1H3,(H,27,34)(H,29,31)(H,32,33). The molecule has 0 bridgehead atoms. The fourth-order valence-electron chi connectivity index (χ4n) is 4.36. The van der Waals surface area contributed by atoms with E-state index in [1.54, 1.807) is 7.05 Å². The molecular formula is C26H28N4O5. The average Bonchev–Trinajstić information content (AvgIpc) is 3.37. The molecule has 1 aromatic heterocycles. The molecule has 9 heteroatoms. The minimum absolute atomic E-state index is 0.0210. The van der Waals surface area contributed by atoms with E-state index in [9.17, 15) is 14.4 Å². The number of carbonyl (C=O) groups excluding carboxylic acids is 2. The molecular weight excluding hydrogens is 448 g/mol. The van der Waals surface area contributed by atoms with E-state index in [1.165, 1.54) is 33.1 Å². The summed E-state index contributed by atoms with van der Waals surface area (Å²) in [4.78, 5) is 35.5. The van der Waals surface area contributed by atoms with Crippen LogP contribution in [0.15, 0.2) is 54.7 Å². The number of benzene rings is 2. The van der Waals surface area contributed by atoms with Gasteiger partial charge in [0.05, 0.1) is 6.20 Å². The van der Waals surface area contributed by atoms with Crippen LogP contribution >= 0.6 is 0 Å². The molecule has 9 nitrogen and oxygen atoms in total. The van der Waals surface area contributed by atoms with Crippen molar-refractivity contribution in [2.45, 2.75) is 31.6 Å². The summed E-state index contributed by atoms with van der Waals surface area (Å²) in [7, 11) is 1.57. The monoisotopic (exact) mass is 476 g/mol. The molecule has 0 saturated heterocycles. The van der Waals surface area contributed by atoms with Crippen LogP contribution in [-0.2, 0) is 16.6 Å². The third kappa shape index (κ3) is 5.51. The highest BCUT2D eigenvalue weighted by atomic mass is 16.5. The minimum Gasteiger partial charge on any atom is -0.477 e. The highest BCUT2D eigenvalue weighted by Gasteiger charge is 2.28. The van der Waals surface area contributed by atoms with Crippen molar-refractivity contribution in [2.75, 3.05) is 18.5 Å². The van der Waals surface area contributed by atoms with Gasteiger partial charge in [-0.2, -0.15) is 5.10 Å². The van der Waals surface area contributed by atoms with Crippen molar-refractivity contribution in [3.05, 3.63) is 71.4 Å². The molecule has 0 aliphatic heterocycles. The number of carboxylic acid groups (broad SMARTS) is 1. The maximum atomic E-state index is 12.2. The van der Waals surface area contributed by atoms with Crippen molar-refractivity contribution in [1.82, 2.24) is 15.1 Å². The number of anilines is 1. The van der Waals surface area contributed by atoms with Crippen LogP contribution in [-0.4, -0.2) is 46.0 Å². The lowest BCUT2D eigenvalue weighted by molar-refractivity contribution is -0.116. The first kappa shape index (κ1) is 24.0. The Morgan fingerprint density at radius 3 is 2.31 bits per heavy atom. The van der Waals surface area contributed by atoms with Gasteiger partial charge in [-0.1, -0.05) is 55.0 Å². The highest BCUT2D eigenvalue weighted by molar-refractivity contribution is 5.99. The molecule has 1 aliphatic rings. The van der Waals surface area contributed by atoms with Crippen molar-refractivity contribution in [3.63, 3.8) is 0 Å². The predicted octanol–water partition coefficient (Wildman–Crippen LogP) is 4.16. The second-order valence-electron chi connectivity index (χ2n) is 8.45. The highest BCUT2D eigenvalue weighted by Crippen LogP contribution is 2.44. The van der Waals surface area contributed by atoms with Crippen LogP contribution in [0, 0.1) is 0 Å². The maximum Gasteiger partial charge on any atom is 0.407 e. The number of hydrogen-bond donors (Lipinski definition) is 3. The summed E-state index contributed by atoms with van der Waals surface area (Å²) >= 11 is 0. The number of alkyl carbamates (subject to hydrolysis) is 1. The second kappa shape index (κ2) is 10.9. The van der Waals surface area contributed by atoms with Crippen LogP contribution in [0.25, 0.3) is 11.1 Å². The summed E-state index contributed by atoms with van der Waals surface area (Å²) in [5.41, 5.74) is 4.66. The smallest absolute Gasteiger partial charge is 0.407 e. The zero-order chi connectivity index (χ0) is 24.8. The Bertz CT molecular complexity index is 1190. The van der Waals surface area contributed by atoms with Crippen LogP contribution in [0.4, 0.5) is 10.6 Å². The Morgan fingerprint density at radius 1 is 1.00 bits per heavy atom. The summed E-state index contributed by atoms with van der Waals surface area (Å²) in [5, 5.41) is 18.4. The van der Waals surface area contributed by atoms with Gasteiger partial charge in [-0.05, 0) is 35.1 Å². The molecule has 182 valence electrons. The van der Waals surface area contributed by atoms with Crippen LogP contribution in [0.2, 0.25) is 0 Å². The number of aromatic carboxylic acids is 1. The van der Waals surface area contributed by atoms with Gasteiger partial charge in [0.15, 0.2) is 0 Å². The van der Waals surface area contributed by atoms with Crippen molar-refractivity contribution in [3.8, 4) is 11.1 Å². The van der Waals surface area contributed by atoms with Gasteiger partial charge in [0.2, 0.25) is 5.91 Å². The van der Waals surface area contributed by atoms with Gasteiger partial charge < -0.3 is 20.5 Å². The molecule has 0 unspecified atom stereocenters. The summed E-state index contributed by atoms with van der Waals surface area (Å²) < 4.78 is 6.83. The molecule has 3 N–H and O–H groups in total. The zero-order valence-corrected chi connectivity index (χ0v) is 19.5. The summed E-state index contributed by atoms with van der Waals surface area (Å²) in [6.45, 7) is 0.718. The molecule has 4 rings (SSSR count). The summed E-state index contributed by atoms with van der Waals surface area (Å²) in [5.74, 6) is -1.24. The number of carbonyl (C=O) groups is 3. The third-order valence-corrected chi connectivity index (χ3v) is 6.12. The summed E-state index contributed by atoms with van der Waals surface area (Å²) in [6, 6.07) is 16.4. The molecule has 3 aromatic rings. The van der Waals surface area contributed by atoms with Gasteiger partial charge in [0.25, 0.3) is 0 Å². The Balaban J connectivity index is 1.15. The number of rotatable bonds is 10. The first-order valence-electron chi connectivity index (χ1n) is 11.6. The van der Waals surface area contributed by atoms with Gasteiger partial charge in [-0.15, -0.1) is 0 Å². The van der Waals surface area contributed by atoms with E-state index in [4.69, 9.17) is 9.84 Å². The SMILES string of the molecule is Cn1ncc(C(=O)O)c1NC(=O)CCCCCNC(=O)OCC1c2ccccc2-c2ccccc21. The molecule has 0 fully saturated rings. The average molecular weight is 477 g/mol. The van der Waals surface area contributed by atoms with E-state index in [0.717, 1.165) is 6.42 Å². The van der Waals surface area contributed by atoms with Crippen LogP contribution in [0.3, 0.4) is 0 Å². The largest absolute Gasteiger partial charge is 0.477 e. The Kier molecular flexibility index (Phi) is 7.45. The van der Waals surface area contributed by atoms with E-state index in [-0.39, 0.29) is 36.2 Å². The number of aromatic nitrogens is 2. The minimum atomic E-state index is -1.15. The van der Waals surface area contributed by atoms with Crippen LogP contribution in [0.5, 0.6) is 0 Å². The first-order chi connectivity index (χ1) is 17.0. The summed E-state index contributed by atoms with van der Waals surface area (Å²) in [6.07, 6.45) is 3.03. The molecule has 35 heavy (non-hydrogen) atoms. The predicted molar refractivity (Wildman–Crippen MR) is 130 cm³/mol. The van der Waals surface area contributed by atoms with Gasteiger partial charge in [-0.25, -0.2) is 9.59 Å². The van der Waals surface area contributed by atoms with Gasteiger partial charge in [-0.3, -0.25) is 9.48 Å². The molecule has 0 saturated carbocycles. The van der Waals surface area contributed by atoms with Crippen LogP contribution < -0.4 is 10.6 Å². The molecule has 0 radical (unpaired) electrons. The number of nitrogens with zero attached hydrogens (tertiary/aromatic N) is 2. The van der Waals surface area contributed by atoms with Gasteiger partial charge in [0.1, 0.15) is 18.0 Å². The van der Waals surface area contributed by atoms with Gasteiger partial charge in [0, 0.05) is 25.9 Å². The first-order valence-corrected chi connectivity index (χ1v) is 11.6. The third-order valence-electron chi connectivity index (χ3n) is 6.12. The second-order valence-corrected chi connectivity index (χ2v) is 8.45. The fourth-order valence-corrected chi connectivity index (χ4v) is 4.36. The molecule has 0 spiro atoms. The van der Waals surface area contributed by atoms with Crippen molar-refractivity contribution in [1.29, 1.82) is 0 Å². The molecule has 2 aromatic carbocycles. The number of unbranched alkanes of at least 4 members (excludes halogenated alkanes) is 2. The Morgan fingerprint density at radius 2 is 1.66 bits per heavy atom. The quantitative estimate of drug-likeness (QED) is 0.378. The molecule has 1 aliphatic carbocycles. The lowest BCUT2D eigenvalue weighted by Crippen LogP contribution is -2.27. The van der Waals surface area contributed by atoms with E-state index in [1.807, 2.05) is 24.3 Å². The molecule has 0 atom stereocenters. The number of fused-ring (bicyclic) bond motifs is 3. The van der Waals surface area contributed by atoms with Crippen molar-refractivity contribution < 1.29 is 24.2 Å².